The minimum atomic E-state index is -4.16. The summed E-state index contributed by atoms with van der Waals surface area (Å²) in [6.45, 7) is 9.45. The van der Waals surface area contributed by atoms with Crippen LogP contribution in [0.3, 0.4) is 0 Å². The van der Waals surface area contributed by atoms with Gasteiger partial charge in [0.1, 0.15) is 0 Å². The van der Waals surface area contributed by atoms with Crippen LogP contribution in [0.25, 0.3) is 0 Å². The lowest BCUT2D eigenvalue weighted by Crippen LogP contribution is -2.05. The molecular formula is C32H68O7P2S. The smallest absolute Gasteiger partial charge is 0.287 e. The first-order valence-corrected chi connectivity index (χ1v) is 21.4. The van der Waals surface area contributed by atoms with Crippen molar-refractivity contribution < 1.29 is 31.0 Å². The maximum Gasteiger partial charge on any atom is 0.494 e. The summed E-state index contributed by atoms with van der Waals surface area (Å²) in [7, 11) is -8.29. The highest BCUT2D eigenvalue weighted by Gasteiger charge is 2.41. The first kappa shape index (κ1) is 42.6. The molecule has 1 unspecified atom stereocenters. The zero-order valence-electron chi connectivity index (χ0n) is 28.0. The van der Waals surface area contributed by atoms with Crippen LogP contribution in [0.1, 0.15) is 182 Å². The third-order valence-electron chi connectivity index (χ3n) is 7.17. The molecule has 0 saturated heterocycles. The molecule has 254 valence electrons. The Bertz CT molecular complexity index is 632. The molecule has 42 heavy (non-hydrogen) atoms. The Morgan fingerprint density at radius 1 is 0.405 bits per heavy atom. The van der Waals surface area contributed by atoms with Crippen LogP contribution in [0.2, 0.25) is 0 Å². The van der Waals surface area contributed by atoms with Gasteiger partial charge in [0.15, 0.2) is 0 Å². The summed E-state index contributed by atoms with van der Waals surface area (Å²) in [6.07, 6.45) is 26.2. The van der Waals surface area contributed by atoms with Crippen LogP contribution < -0.4 is 0 Å². The van der Waals surface area contributed by atoms with Crippen molar-refractivity contribution in [1.29, 1.82) is 0 Å². The van der Waals surface area contributed by atoms with Gasteiger partial charge < -0.3 is 0 Å². The predicted molar refractivity (Wildman–Crippen MR) is 181 cm³/mol. The number of hydrogen-bond donors (Lipinski definition) is 0. The number of hydrogen-bond acceptors (Lipinski definition) is 8. The van der Waals surface area contributed by atoms with E-state index in [4.69, 9.17) is 21.9 Å². The van der Waals surface area contributed by atoms with Gasteiger partial charge in [-0.25, -0.2) is 13.1 Å². The van der Waals surface area contributed by atoms with Gasteiger partial charge in [0.05, 0.1) is 19.8 Å². The number of rotatable bonds is 35. The van der Waals surface area contributed by atoms with E-state index in [-0.39, 0.29) is 19.8 Å². The molecule has 10 heteroatoms. The molecule has 0 radical (unpaired) electrons. The van der Waals surface area contributed by atoms with E-state index in [9.17, 15) is 9.13 Å². The van der Waals surface area contributed by atoms with E-state index in [2.05, 4.69) is 27.7 Å². The molecule has 0 fully saturated rings. The largest absolute Gasteiger partial charge is 0.494 e. The summed E-state index contributed by atoms with van der Waals surface area (Å²) in [5.74, 6) is 0.668. The Hall–Kier alpha value is 0.610. The third kappa shape index (κ3) is 28.1. The van der Waals surface area contributed by atoms with Crippen molar-refractivity contribution in [2.24, 2.45) is 0 Å². The summed E-state index contributed by atoms with van der Waals surface area (Å²) in [4.78, 5) is 0. The normalized spacial score (nSPS) is 13.5. The second-order valence-corrected chi connectivity index (χ2v) is 15.9. The lowest BCUT2D eigenvalue weighted by atomic mass is 10.1. The summed E-state index contributed by atoms with van der Waals surface area (Å²) in [5, 5.41) is 0. The molecule has 0 aromatic heterocycles. The van der Waals surface area contributed by atoms with Gasteiger partial charge in [-0.05, 0) is 25.7 Å². The monoisotopic (exact) mass is 658 g/mol. The molecule has 7 nitrogen and oxygen atoms in total. The summed E-state index contributed by atoms with van der Waals surface area (Å²) in [5.41, 5.74) is 0. The maximum absolute atomic E-state index is 13.7. The van der Waals surface area contributed by atoms with Crippen molar-refractivity contribution in [3.63, 3.8) is 0 Å². The van der Waals surface area contributed by atoms with Crippen LogP contribution in [0, 0.1) is 0 Å². The van der Waals surface area contributed by atoms with Gasteiger partial charge in [-0.1, -0.05) is 156 Å². The molecule has 0 saturated carbocycles. The van der Waals surface area contributed by atoms with E-state index in [0.29, 0.717) is 5.75 Å². The van der Waals surface area contributed by atoms with E-state index >= 15 is 0 Å². The molecule has 0 bridgehead atoms. The molecule has 0 N–H and O–H groups in total. The third-order valence-corrected chi connectivity index (χ3v) is 11.9. The highest BCUT2D eigenvalue weighted by molar-refractivity contribution is 7.98. The molecule has 1 atom stereocenters. The van der Waals surface area contributed by atoms with E-state index in [1.54, 1.807) is 0 Å². The fourth-order valence-corrected chi connectivity index (χ4v) is 8.83. The Morgan fingerprint density at radius 2 is 0.714 bits per heavy atom. The van der Waals surface area contributed by atoms with Crippen molar-refractivity contribution in [3.8, 4) is 0 Å². The van der Waals surface area contributed by atoms with Crippen molar-refractivity contribution in [2.75, 3.05) is 25.6 Å². The van der Waals surface area contributed by atoms with Crippen LogP contribution in [-0.4, -0.2) is 25.6 Å². The molecule has 0 aromatic rings. The molecular weight excluding hydrogens is 590 g/mol. The Morgan fingerprint density at radius 3 is 1.10 bits per heavy atom. The minimum Gasteiger partial charge on any atom is -0.287 e. The van der Waals surface area contributed by atoms with Gasteiger partial charge in [0.2, 0.25) is 0 Å². The second-order valence-electron chi connectivity index (χ2n) is 11.4. The average Bonchev–Trinajstić information content (AvgIpc) is 2.97. The zero-order chi connectivity index (χ0) is 31.0. The molecule has 0 aliphatic carbocycles. The predicted octanol–water partition coefficient (Wildman–Crippen LogP) is 13.4. The van der Waals surface area contributed by atoms with Crippen LogP contribution >= 0.6 is 27.7 Å². The summed E-state index contributed by atoms with van der Waals surface area (Å²) in [6, 6.07) is 0. The van der Waals surface area contributed by atoms with Crippen molar-refractivity contribution in [2.45, 2.75) is 182 Å². The highest BCUT2D eigenvalue weighted by atomic mass is 32.2. The van der Waals surface area contributed by atoms with Crippen LogP contribution in [0.15, 0.2) is 0 Å². The van der Waals surface area contributed by atoms with Crippen molar-refractivity contribution in [3.05, 3.63) is 0 Å². The lowest BCUT2D eigenvalue weighted by Gasteiger charge is -2.23. The number of unbranched alkanes of at least 4 members (excludes halogenated alkanes) is 20. The topological polar surface area (TPSA) is 80.3 Å². The molecule has 0 aromatic carbocycles. The fraction of sp³-hybridized carbons (Fsp3) is 1.00. The molecule has 0 amide bonds. The maximum atomic E-state index is 13.7. The Labute approximate surface area is 265 Å². The number of phosphoric acid groups is 2. The molecule has 0 heterocycles. The lowest BCUT2D eigenvalue weighted by molar-refractivity contribution is 0.128. The van der Waals surface area contributed by atoms with Gasteiger partial charge >= 0.3 is 15.6 Å². The van der Waals surface area contributed by atoms with Gasteiger partial charge in [-0.3, -0.25) is 13.6 Å². The van der Waals surface area contributed by atoms with E-state index < -0.39 is 15.6 Å². The number of phosphoric ester groups is 1. The van der Waals surface area contributed by atoms with Gasteiger partial charge in [-0.15, -0.1) is 0 Å². The van der Waals surface area contributed by atoms with Crippen LogP contribution in [0.4, 0.5) is 0 Å². The quantitative estimate of drug-likeness (QED) is 0.0378. The Balaban J connectivity index is 5.08. The van der Waals surface area contributed by atoms with Crippen molar-refractivity contribution in [1.82, 2.24) is 0 Å². The van der Waals surface area contributed by atoms with Gasteiger partial charge in [0, 0.05) is 17.8 Å². The van der Waals surface area contributed by atoms with E-state index in [1.165, 1.54) is 83.5 Å². The summed E-state index contributed by atoms with van der Waals surface area (Å²) < 4.78 is 55.8. The van der Waals surface area contributed by atoms with Crippen LogP contribution in [-0.2, 0) is 31.0 Å². The van der Waals surface area contributed by atoms with Crippen molar-refractivity contribution >= 4 is 27.7 Å². The fourth-order valence-electron chi connectivity index (χ4n) is 4.48. The van der Waals surface area contributed by atoms with Gasteiger partial charge in [-0.2, -0.15) is 4.31 Å². The zero-order valence-corrected chi connectivity index (χ0v) is 30.6. The second kappa shape index (κ2) is 31.6. The molecule has 0 rings (SSSR count). The minimum absolute atomic E-state index is 0.218. The van der Waals surface area contributed by atoms with E-state index in [0.717, 1.165) is 82.7 Å². The summed E-state index contributed by atoms with van der Waals surface area (Å²) >= 11 is 1.07. The molecule has 0 spiro atoms. The first-order chi connectivity index (χ1) is 20.4. The van der Waals surface area contributed by atoms with Crippen LogP contribution in [0.5, 0.6) is 0 Å². The first-order valence-electron chi connectivity index (χ1n) is 17.6. The average molecular weight is 659 g/mol. The standard InChI is InChI=1S/C32H68O7P2S/c1-5-9-13-17-21-25-29-35-40(33,36-30-26-22-18-14-10-6-2)38-41(34,37-31-27-23-19-15-11-7-3)39-42-32-28-24-20-16-12-8-4/h5-32H2,1-4H3. The SMILES string of the molecule is CCCCCCCCOP(=O)(OCCCCCCCC)OP(=O)(OCCCCCCCC)OSCCCCCCCC. The molecule has 0 aliphatic rings. The van der Waals surface area contributed by atoms with E-state index in [1.807, 2.05) is 0 Å². The van der Waals surface area contributed by atoms with Gasteiger partial charge in [0.25, 0.3) is 0 Å². The highest BCUT2D eigenvalue weighted by Crippen LogP contribution is 2.67. The Kier molecular flexibility index (Phi) is 32.0. The molecule has 0 aliphatic heterocycles.